The molecule has 0 spiro atoms. The molecule has 0 fully saturated rings. The summed E-state index contributed by atoms with van der Waals surface area (Å²) in [6.07, 6.45) is 3.83. The molecule has 0 atom stereocenters. The summed E-state index contributed by atoms with van der Waals surface area (Å²) >= 11 is 0. The van der Waals surface area contributed by atoms with Crippen molar-refractivity contribution >= 4 is 11.7 Å². The van der Waals surface area contributed by atoms with Crippen LogP contribution in [0.1, 0.15) is 5.56 Å². The Labute approximate surface area is 105 Å². The average molecular weight is 240 g/mol. The molecule has 1 heterocycles. The topological polar surface area (TPSA) is 59.3 Å². The molecule has 1 aromatic heterocycles. The molecule has 0 saturated carbocycles. The van der Waals surface area contributed by atoms with Crippen molar-refractivity contribution in [3.8, 4) is 0 Å². The van der Waals surface area contributed by atoms with Gasteiger partial charge >= 0.3 is 6.03 Å². The molecule has 18 heavy (non-hydrogen) atoms. The zero-order chi connectivity index (χ0) is 12.8. The quantitative estimate of drug-likeness (QED) is 0.642. The fraction of sp³-hybridized carbons (Fsp3) is 0.0714. The number of rotatable bonds is 3. The molecule has 2 aromatic rings. The molecule has 90 valence electrons. The summed E-state index contributed by atoms with van der Waals surface area (Å²) < 4.78 is 1.94. The summed E-state index contributed by atoms with van der Waals surface area (Å²) in [6.45, 7) is 0.508. The first-order valence-electron chi connectivity index (χ1n) is 5.62. The Balaban J connectivity index is 2.31. The molecule has 0 bridgehead atoms. The van der Waals surface area contributed by atoms with E-state index in [1.54, 1.807) is 0 Å². The van der Waals surface area contributed by atoms with Crippen LogP contribution in [0.3, 0.4) is 0 Å². The number of amides is 2. The molecule has 4 heteroatoms. The van der Waals surface area contributed by atoms with E-state index in [0.717, 1.165) is 5.56 Å². The summed E-state index contributed by atoms with van der Waals surface area (Å²) in [7, 11) is 0. The number of aromatic nitrogens is 1. The van der Waals surface area contributed by atoms with Crippen LogP contribution in [0.15, 0.2) is 65.9 Å². The van der Waals surface area contributed by atoms with E-state index in [1.165, 1.54) is 0 Å². The zero-order valence-electron chi connectivity index (χ0n) is 9.86. The van der Waals surface area contributed by atoms with Gasteiger partial charge in [-0.1, -0.05) is 36.4 Å². The van der Waals surface area contributed by atoms with Gasteiger partial charge in [0.15, 0.2) is 18.9 Å². The molecule has 0 aliphatic rings. The molecule has 0 aliphatic carbocycles. The number of primary amides is 1. The fourth-order valence-corrected chi connectivity index (χ4v) is 1.67. The number of hydrogen-bond donors (Lipinski definition) is 1. The summed E-state index contributed by atoms with van der Waals surface area (Å²) in [4.78, 5) is 14.9. The maximum Gasteiger partial charge on any atom is 0.338 e. The fourth-order valence-electron chi connectivity index (χ4n) is 1.67. The van der Waals surface area contributed by atoms with Crippen LogP contribution >= 0.6 is 0 Å². The third-order valence-corrected chi connectivity index (χ3v) is 2.46. The van der Waals surface area contributed by atoms with E-state index in [1.807, 2.05) is 65.5 Å². The third kappa shape index (κ3) is 3.25. The van der Waals surface area contributed by atoms with Gasteiger partial charge in [-0.3, -0.25) is 0 Å². The minimum atomic E-state index is -0.676. The third-order valence-electron chi connectivity index (χ3n) is 2.46. The predicted octanol–water partition coefficient (Wildman–Crippen LogP) is 1.54. The number of pyridine rings is 1. The van der Waals surface area contributed by atoms with Gasteiger partial charge in [-0.25, -0.2) is 4.79 Å². The van der Waals surface area contributed by atoms with Gasteiger partial charge in [-0.15, -0.1) is 0 Å². The minimum Gasteiger partial charge on any atom is -0.350 e. The Bertz CT molecular complexity index is 550. The van der Waals surface area contributed by atoms with Gasteiger partial charge in [0.05, 0.1) is 0 Å². The Morgan fingerprint density at radius 2 is 1.67 bits per heavy atom. The number of urea groups is 1. The highest BCUT2D eigenvalue weighted by Gasteiger charge is 2.10. The van der Waals surface area contributed by atoms with Gasteiger partial charge in [0.1, 0.15) is 5.71 Å². The SMILES string of the molecule is NC(=O)/N=C(/C[n+]1ccccc1)c1ccccc1. The van der Waals surface area contributed by atoms with Crippen LogP contribution in [0.2, 0.25) is 0 Å². The first kappa shape index (κ1) is 12.0. The van der Waals surface area contributed by atoms with Gasteiger partial charge in [0, 0.05) is 17.7 Å². The van der Waals surface area contributed by atoms with Gasteiger partial charge in [-0.2, -0.15) is 9.56 Å². The molecule has 4 nitrogen and oxygen atoms in total. The van der Waals surface area contributed by atoms with Crippen molar-refractivity contribution in [2.24, 2.45) is 10.7 Å². The number of carbonyl (C=O) groups excluding carboxylic acids is 1. The molecule has 0 unspecified atom stereocenters. The molecular weight excluding hydrogens is 226 g/mol. The Morgan fingerprint density at radius 1 is 1.06 bits per heavy atom. The van der Waals surface area contributed by atoms with E-state index in [0.29, 0.717) is 12.3 Å². The number of nitrogens with zero attached hydrogens (tertiary/aromatic N) is 2. The number of hydrogen-bond acceptors (Lipinski definition) is 1. The molecule has 0 aliphatic heterocycles. The van der Waals surface area contributed by atoms with Crippen molar-refractivity contribution in [2.75, 3.05) is 0 Å². The van der Waals surface area contributed by atoms with E-state index in [-0.39, 0.29) is 0 Å². The van der Waals surface area contributed by atoms with Crippen molar-refractivity contribution in [1.82, 2.24) is 0 Å². The zero-order valence-corrected chi connectivity index (χ0v) is 9.86. The van der Waals surface area contributed by atoms with Crippen molar-refractivity contribution in [2.45, 2.75) is 6.54 Å². The lowest BCUT2D eigenvalue weighted by Gasteiger charge is -2.02. The highest BCUT2D eigenvalue weighted by Crippen LogP contribution is 2.02. The molecular formula is C14H14N3O+. The molecule has 0 saturated heterocycles. The lowest BCUT2D eigenvalue weighted by atomic mass is 10.1. The van der Waals surface area contributed by atoms with E-state index >= 15 is 0 Å². The second-order valence-electron chi connectivity index (χ2n) is 3.81. The van der Waals surface area contributed by atoms with Crippen LogP contribution in [0.4, 0.5) is 4.79 Å². The van der Waals surface area contributed by atoms with Crippen molar-refractivity contribution in [3.63, 3.8) is 0 Å². The maximum absolute atomic E-state index is 11.0. The van der Waals surface area contributed by atoms with E-state index < -0.39 is 6.03 Å². The Morgan fingerprint density at radius 3 is 2.28 bits per heavy atom. The van der Waals surface area contributed by atoms with Crippen molar-refractivity contribution in [3.05, 3.63) is 66.5 Å². The van der Waals surface area contributed by atoms with Crippen LogP contribution < -0.4 is 10.3 Å². The average Bonchev–Trinajstić information content (AvgIpc) is 2.40. The van der Waals surface area contributed by atoms with Gasteiger partial charge in [-0.05, 0) is 0 Å². The van der Waals surface area contributed by atoms with Crippen LogP contribution in [-0.2, 0) is 6.54 Å². The summed E-state index contributed by atoms with van der Waals surface area (Å²) in [6, 6.07) is 14.6. The standard InChI is InChI=1S/C14H13N3O/c15-14(18)16-13(12-7-3-1-4-8-12)11-17-9-5-2-6-10-17/h1-10H,11H2,(H-,15,18)/p+1/b16-13-. The summed E-state index contributed by atoms with van der Waals surface area (Å²) in [5, 5.41) is 0. The molecule has 2 N–H and O–H groups in total. The normalized spacial score (nSPS) is 11.2. The number of benzene rings is 1. The largest absolute Gasteiger partial charge is 0.350 e. The lowest BCUT2D eigenvalue weighted by Crippen LogP contribution is -2.37. The smallest absolute Gasteiger partial charge is 0.338 e. The lowest BCUT2D eigenvalue weighted by molar-refractivity contribution is -0.681. The minimum absolute atomic E-state index is 0.508. The number of aliphatic imine (C=N–C) groups is 1. The second kappa shape index (κ2) is 5.72. The Hall–Kier alpha value is -2.49. The van der Waals surface area contributed by atoms with E-state index in [4.69, 9.17) is 5.73 Å². The number of carbonyl (C=O) groups is 1. The Kier molecular flexibility index (Phi) is 3.81. The van der Waals surface area contributed by atoms with Crippen LogP contribution in [0.25, 0.3) is 0 Å². The van der Waals surface area contributed by atoms with Gasteiger partial charge < -0.3 is 5.73 Å². The molecule has 2 amide bonds. The highest BCUT2D eigenvalue weighted by molar-refractivity contribution is 6.05. The molecule has 2 rings (SSSR count). The van der Waals surface area contributed by atoms with E-state index in [9.17, 15) is 4.79 Å². The van der Waals surface area contributed by atoms with Gasteiger partial charge in [0.2, 0.25) is 0 Å². The van der Waals surface area contributed by atoms with Crippen LogP contribution in [-0.4, -0.2) is 11.7 Å². The number of nitrogens with two attached hydrogens (primary N) is 1. The summed E-state index contributed by atoms with van der Waals surface area (Å²) in [5.41, 5.74) is 6.70. The summed E-state index contributed by atoms with van der Waals surface area (Å²) in [5.74, 6) is 0. The van der Waals surface area contributed by atoms with Crippen LogP contribution in [0.5, 0.6) is 0 Å². The monoisotopic (exact) mass is 240 g/mol. The predicted molar refractivity (Wildman–Crippen MR) is 69.2 cm³/mol. The first-order chi connectivity index (χ1) is 8.75. The van der Waals surface area contributed by atoms with E-state index in [2.05, 4.69) is 4.99 Å². The van der Waals surface area contributed by atoms with Crippen LogP contribution in [0, 0.1) is 0 Å². The molecule has 1 aromatic carbocycles. The first-order valence-corrected chi connectivity index (χ1v) is 5.62. The van der Waals surface area contributed by atoms with Crippen molar-refractivity contribution < 1.29 is 9.36 Å². The highest BCUT2D eigenvalue weighted by atomic mass is 16.2. The van der Waals surface area contributed by atoms with Gasteiger partial charge in [0.25, 0.3) is 0 Å². The maximum atomic E-state index is 11.0. The molecule has 0 radical (unpaired) electrons. The second-order valence-corrected chi connectivity index (χ2v) is 3.81. The van der Waals surface area contributed by atoms with Crippen molar-refractivity contribution in [1.29, 1.82) is 0 Å².